The van der Waals surface area contributed by atoms with Crippen LogP contribution < -0.4 is 0 Å². The van der Waals surface area contributed by atoms with E-state index in [0.29, 0.717) is 17.5 Å². The monoisotopic (exact) mass is 1110 g/mol. The summed E-state index contributed by atoms with van der Waals surface area (Å²) in [5.74, 6) is 1.75. The molecule has 0 amide bonds. The standard InChI is InChI=1S/C81H52N6/c1-8-26-53(27-9-1)58-48-59(54-28-10-2-11-29-54)50-60(49-58)80-82-79(57-34-16-5-17-35-57)83-81(84-80)61-51-68(55-30-12-3-13-31-55)76(69(52-61)56-32-14-4-15-33-56)87-71-43-25-23-41-67(71)75-73(87)47-45-65-64-44-46-72-74(77(64)86(78(65)75)63-38-20-7-21-39-63)66-40-22-24-42-70(66)85(72)62-36-18-6-19-37-62/h1-52H. The summed E-state index contributed by atoms with van der Waals surface area (Å²) >= 11 is 0. The lowest BCUT2D eigenvalue weighted by atomic mass is 9.92. The van der Waals surface area contributed by atoms with Crippen molar-refractivity contribution >= 4 is 65.4 Å². The van der Waals surface area contributed by atoms with Gasteiger partial charge in [0.25, 0.3) is 0 Å². The van der Waals surface area contributed by atoms with Gasteiger partial charge < -0.3 is 13.7 Å². The van der Waals surface area contributed by atoms with Crippen LogP contribution in [0, 0.1) is 0 Å². The molecule has 17 aromatic rings. The SMILES string of the molecule is c1ccc(-c2cc(-c3ccccc3)cc(-c3nc(-c4ccccc4)nc(-c4cc(-c5ccccc5)c(-n5c6ccccc6c6c5ccc5c7ccc8c(c9ccccc9n8-c8ccccc8)c7n(-c7ccccc7)c56)c(-c5ccccc5)c4)n3)c2)cc1. The van der Waals surface area contributed by atoms with Crippen molar-refractivity contribution in [2.75, 3.05) is 0 Å². The van der Waals surface area contributed by atoms with E-state index in [0.717, 1.165) is 106 Å². The highest BCUT2D eigenvalue weighted by atomic mass is 15.1. The molecule has 0 atom stereocenters. The number of fused-ring (bicyclic) bond motifs is 11. The zero-order chi connectivity index (χ0) is 57.4. The van der Waals surface area contributed by atoms with Crippen LogP contribution in [0.15, 0.2) is 315 Å². The molecule has 0 saturated carbocycles. The van der Waals surface area contributed by atoms with Crippen molar-refractivity contribution in [3.8, 4) is 95.7 Å². The lowest BCUT2D eigenvalue weighted by Crippen LogP contribution is -2.04. The summed E-state index contributed by atoms with van der Waals surface area (Å²) in [6.07, 6.45) is 0. The molecule has 6 heteroatoms. The minimum atomic E-state index is 0.572. The van der Waals surface area contributed by atoms with Gasteiger partial charge in [-0.3, -0.25) is 0 Å². The van der Waals surface area contributed by atoms with Crippen LogP contribution in [0.1, 0.15) is 0 Å². The van der Waals surface area contributed by atoms with Crippen molar-refractivity contribution in [1.82, 2.24) is 28.7 Å². The fourth-order valence-electron chi connectivity index (χ4n) is 13.4. The second-order valence-electron chi connectivity index (χ2n) is 22.3. The van der Waals surface area contributed by atoms with Gasteiger partial charge >= 0.3 is 0 Å². The third-order valence-corrected chi connectivity index (χ3v) is 17.2. The molecule has 4 aromatic heterocycles. The van der Waals surface area contributed by atoms with E-state index in [2.05, 4.69) is 311 Å². The number of benzene rings is 13. The van der Waals surface area contributed by atoms with E-state index >= 15 is 0 Å². The molecular formula is C81H52N6. The molecule has 0 bridgehead atoms. The summed E-state index contributed by atoms with van der Waals surface area (Å²) in [5.41, 5.74) is 21.4. The van der Waals surface area contributed by atoms with E-state index in [1.165, 1.54) is 38.0 Å². The topological polar surface area (TPSA) is 53.5 Å². The predicted octanol–water partition coefficient (Wildman–Crippen LogP) is 20.8. The summed E-state index contributed by atoms with van der Waals surface area (Å²) in [6.45, 7) is 0. The van der Waals surface area contributed by atoms with Crippen molar-refractivity contribution in [2.24, 2.45) is 0 Å². The molecule has 0 aliphatic heterocycles. The van der Waals surface area contributed by atoms with E-state index in [1.54, 1.807) is 0 Å². The molecule has 0 fully saturated rings. The molecular weight excluding hydrogens is 1060 g/mol. The number of rotatable bonds is 10. The number of hydrogen-bond acceptors (Lipinski definition) is 3. The average molecular weight is 1110 g/mol. The number of nitrogens with zero attached hydrogens (tertiary/aromatic N) is 6. The van der Waals surface area contributed by atoms with E-state index in [1.807, 2.05) is 18.2 Å². The van der Waals surface area contributed by atoms with Crippen LogP contribution in [0.3, 0.4) is 0 Å². The molecule has 4 heterocycles. The first kappa shape index (κ1) is 49.8. The summed E-state index contributed by atoms with van der Waals surface area (Å²) < 4.78 is 7.50. The zero-order valence-corrected chi connectivity index (χ0v) is 47.2. The van der Waals surface area contributed by atoms with Gasteiger partial charge in [-0.2, -0.15) is 0 Å². The van der Waals surface area contributed by atoms with Gasteiger partial charge in [0.1, 0.15) is 0 Å². The Hall–Kier alpha value is -11.7. The third-order valence-electron chi connectivity index (χ3n) is 17.2. The molecule has 0 radical (unpaired) electrons. The van der Waals surface area contributed by atoms with Crippen LogP contribution in [-0.2, 0) is 0 Å². The van der Waals surface area contributed by atoms with Crippen LogP contribution >= 0.6 is 0 Å². The second-order valence-corrected chi connectivity index (χ2v) is 22.3. The van der Waals surface area contributed by atoms with E-state index < -0.39 is 0 Å². The van der Waals surface area contributed by atoms with Crippen LogP contribution in [0.2, 0.25) is 0 Å². The Bertz CT molecular complexity index is 5340. The maximum Gasteiger partial charge on any atom is 0.164 e. The van der Waals surface area contributed by atoms with E-state index in [4.69, 9.17) is 15.0 Å². The van der Waals surface area contributed by atoms with Crippen molar-refractivity contribution in [3.05, 3.63) is 315 Å². The molecule has 406 valence electrons. The molecule has 6 nitrogen and oxygen atoms in total. The van der Waals surface area contributed by atoms with Crippen LogP contribution in [0.5, 0.6) is 0 Å². The maximum absolute atomic E-state index is 5.55. The highest BCUT2D eigenvalue weighted by Gasteiger charge is 2.28. The lowest BCUT2D eigenvalue weighted by molar-refractivity contribution is 1.07. The Morgan fingerprint density at radius 1 is 0.207 bits per heavy atom. The van der Waals surface area contributed by atoms with Gasteiger partial charge in [-0.05, 0) is 112 Å². The summed E-state index contributed by atoms with van der Waals surface area (Å²) in [6, 6.07) is 113. The minimum Gasteiger partial charge on any atom is -0.309 e. The molecule has 0 aliphatic carbocycles. The molecule has 0 N–H and O–H groups in total. The molecule has 0 spiro atoms. The minimum absolute atomic E-state index is 0.572. The lowest BCUT2D eigenvalue weighted by Gasteiger charge is -2.21. The molecule has 0 aliphatic rings. The Labute approximate surface area is 502 Å². The first-order chi connectivity index (χ1) is 43.2. The highest BCUT2D eigenvalue weighted by molar-refractivity contribution is 6.32. The van der Waals surface area contributed by atoms with Crippen LogP contribution in [-0.4, -0.2) is 28.7 Å². The van der Waals surface area contributed by atoms with Gasteiger partial charge in [-0.1, -0.05) is 237 Å². The van der Waals surface area contributed by atoms with Crippen LogP contribution in [0.4, 0.5) is 0 Å². The summed E-state index contributed by atoms with van der Waals surface area (Å²) in [7, 11) is 0. The van der Waals surface area contributed by atoms with Crippen molar-refractivity contribution < 1.29 is 0 Å². The fraction of sp³-hybridized carbons (Fsp3) is 0. The molecule has 17 rings (SSSR count). The van der Waals surface area contributed by atoms with Gasteiger partial charge in [0.2, 0.25) is 0 Å². The number of hydrogen-bond donors (Lipinski definition) is 0. The van der Waals surface area contributed by atoms with Gasteiger partial charge in [0, 0.05) is 71.5 Å². The highest BCUT2D eigenvalue weighted by Crippen LogP contribution is 2.49. The summed E-state index contributed by atoms with van der Waals surface area (Å²) in [4.78, 5) is 16.3. The van der Waals surface area contributed by atoms with Gasteiger partial charge in [0.05, 0.1) is 38.8 Å². The number of aromatic nitrogens is 6. The fourth-order valence-corrected chi connectivity index (χ4v) is 13.4. The first-order valence-corrected chi connectivity index (χ1v) is 29.6. The van der Waals surface area contributed by atoms with Gasteiger partial charge in [-0.25, -0.2) is 15.0 Å². The molecule has 13 aromatic carbocycles. The Kier molecular flexibility index (Phi) is 11.8. The van der Waals surface area contributed by atoms with E-state index in [-0.39, 0.29) is 0 Å². The van der Waals surface area contributed by atoms with Crippen molar-refractivity contribution in [2.45, 2.75) is 0 Å². The van der Waals surface area contributed by atoms with E-state index in [9.17, 15) is 0 Å². The van der Waals surface area contributed by atoms with Gasteiger partial charge in [0.15, 0.2) is 17.5 Å². The Morgan fingerprint density at radius 3 is 1.00 bits per heavy atom. The predicted molar refractivity (Wildman–Crippen MR) is 361 cm³/mol. The third kappa shape index (κ3) is 8.29. The maximum atomic E-state index is 5.55. The average Bonchev–Trinajstić information content (AvgIpc) is 1.83. The second kappa shape index (κ2) is 20.6. The number of para-hydroxylation sites is 4. The van der Waals surface area contributed by atoms with Crippen molar-refractivity contribution in [3.63, 3.8) is 0 Å². The smallest absolute Gasteiger partial charge is 0.164 e. The first-order valence-electron chi connectivity index (χ1n) is 29.6. The van der Waals surface area contributed by atoms with Gasteiger partial charge in [-0.15, -0.1) is 0 Å². The molecule has 0 unspecified atom stereocenters. The summed E-state index contributed by atoms with van der Waals surface area (Å²) in [5, 5.41) is 7.15. The normalized spacial score (nSPS) is 11.7. The Balaban J connectivity index is 0.969. The van der Waals surface area contributed by atoms with Crippen molar-refractivity contribution in [1.29, 1.82) is 0 Å². The largest absolute Gasteiger partial charge is 0.309 e. The van der Waals surface area contributed by atoms with Crippen LogP contribution in [0.25, 0.3) is 161 Å². The quantitative estimate of drug-likeness (QED) is 0.137. The Morgan fingerprint density at radius 2 is 0.540 bits per heavy atom. The zero-order valence-electron chi connectivity index (χ0n) is 47.2. The molecule has 0 saturated heterocycles. The molecule has 87 heavy (non-hydrogen) atoms.